The number of carbonyl (C=O) groups is 1. The monoisotopic (exact) mass is 140 g/mol. The van der Waals surface area contributed by atoms with Crippen LogP contribution in [0.2, 0.25) is 0 Å². The summed E-state index contributed by atoms with van der Waals surface area (Å²) in [7, 11) is 0. The van der Waals surface area contributed by atoms with Gasteiger partial charge in [-0.15, -0.1) is 0 Å². The number of carboxylic acid groups (broad SMARTS) is 1. The maximum atomic E-state index is 9.00. The number of hydrogen-bond acceptors (Lipinski definition) is 2. The fourth-order valence-electron chi connectivity index (χ4n) is 0. The first-order valence-corrected chi connectivity index (χ1v) is 0.928. The van der Waals surface area contributed by atoms with E-state index in [0.29, 0.717) is 0 Å². The molecule has 0 aliphatic carbocycles. The van der Waals surface area contributed by atoms with Crippen LogP contribution in [0.5, 0.6) is 0 Å². The molecule has 51 valence electrons. The Morgan fingerprint density at radius 2 is 1.38 bits per heavy atom. The van der Waals surface area contributed by atoms with E-state index in [0.717, 1.165) is 6.92 Å². The van der Waals surface area contributed by atoms with Crippen LogP contribution in [0, 0.1) is 0 Å². The van der Waals surface area contributed by atoms with Gasteiger partial charge in [-0.05, 0) is 0 Å². The van der Waals surface area contributed by atoms with Crippen molar-refractivity contribution in [1.29, 1.82) is 0 Å². The molecule has 3 radical (unpaired) electrons. The van der Waals surface area contributed by atoms with E-state index in [1.807, 2.05) is 0 Å². The quantitative estimate of drug-likeness (QED) is 0.385. The molecule has 0 rings (SSSR count). The van der Waals surface area contributed by atoms with Crippen molar-refractivity contribution < 1.29 is 20.9 Å². The SMILES string of the molecule is CC(=O)O.N.O.O.[Al]. The van der Waals surface area contributed by atoms with Gasteiger partial charge >= 0.3 is 0 Å². The second kappa shape index (κ2) is 28.7. The third-order valence-corrected chi connectivity index (χ3v) is 0. The lowest BCUT2D eigenvalue weighted by Crippen LogP contribution is -1.78. The van der Waals surface area contributed by atoms with Crippen molar-refractivity contribution in [2.24, 2.45) is 0 Å². The number of carboxylic acids is 1. The standard InChI is InChI=1S/C2H4O2.Al.H3N.2H2O/c1-2(3)4;;;;/h1H3,(H,3,4);;1H3;2*1H2. The lowest BCUT2D eigenvalue weighted by Gasteiger charge is -1.59. The minimum Gasteiger partial charge on any atom is -0.481 e. The van der Waals surface area contributed by atoms with E-state index in [-0.39, 0.29) is 34.5 Å². The van der Waals surface area contributed by atoms with Crippen LogP contribution in [0.25, 0.3) is 0 Å². The lowest BCUT2D eigenvalue weighted by molar-refractivity contribution is -0.134. The number of aliphatic carboxylic acids is 1. The normalized spacial score (nSPS) is 3.12. The number of rotatable bonds is 0. The summed E-state index contributed by atoms with van der Waals surface area (Å²) in [4.78, 5) is 9.00. The summed E-state index contributed by atoms with van der Waals surface area (Å²) in [5.41, 5.74) is 0. The fraction of sp³-hybridized carbons (Fsp3) is 0.500. The molecule has 0 bridgehead atoms. The minimum atomic E-state index is -0.833. The van der Waals surface area contributed by atoms with E-state index in [2.05, 4.69) is 0 Å². The second-order valence-electron chi connectivity index (χ2n) is 0.519. The van der Waals surface area contributed by atoms with E-state index in [1.165, 1.54) is 0 Å². The fourth-order valence-corrected chi connectivity index (χ4v) is 0. The van der Waals surface area contributed by atoms with Gasteiger partial charge in [-0.3, -0.25) is 4.79 Å². The molecule has 6 heteroatoms. The number of hydrogen-bond donors (Lipinski definition) is 2. The van der Waals surface area contributed by atoms with Gasteiger partial charge in [0.2, 0.25) is 0 Å². The lowest BCUT2D eigenvalue weighted by atomic mass is 10.9. The highest BCUT2D eigenvalue weighted by Gasteiger charge is 1.65. The highest BCUT2D eigenvalue weighted by atomic mass is 27.0. The van der Waals surface area contributed by atoms with E-state index in [4.69, 9.17) is 9.90 Å². The Morgan fingerprint density at radius 3 is 1.38 bits per heavy atom. The zero-order chi connectivity index (χ0) is 3.58. The first-order chi connectivity index (χ1) is 1.73. The Kier molecular flexibility index (Phi) is 161. The Morgan fingerprint density at radius 1 is 1.38 bits per heavy atom. The Labute approximate surface area is 58.0 Å². The average Bonchev–Trinajstić information content (AvgIpc) is 0.811. The van der Waals surface area contributed by atoms with Gasteiger partial charge in [-0.2, -0.15) is 0 Å². The Bertz CT molecular complexity index is 37.0. The molecular weight excluding hydrogens is 129 g/mol. The molecule has 0 aliphatic heterocycles. The van der Waals surface area contributed by atoms with Crippen molar-refractivity contribution in [2.45, 2.75) is 6.92 Å². The van der Waals surface area contributed by atoms with Crippen molar-refractivity contribution in [3.63, 3.8) is 0 Å². The third kappa shape index (κ3) is 10200. The summed E-state index contributed by atoms with van der Waals surface area (Å²) in [6.07, 6.45) is 0. The van der Waals surface area contributed by atoms with Crippen LogP contribution in [-0.4, -0.2) is 39.4 Å². The zero-order valence-electron chi connectivity index (χ0n) is 4.64. The average molecular weight is 140 g/mol. The van der Waals surface area contributed by atoms with Crippen molar-refractivity contribution in [2.75, 3.05) is 0 Å². The summed E-state index contributed by atoms with van der Waals surface area (Å²) >= 11 is 0. The van der Waals surface area contributed by atoms with Gasteiger partial charge in [-0.1, -0.05) is 0 Å². The van der Waals surface area contributed by atoms with Crippen molar-refractivity contribution >= 4 is 23.3 Å². The van der Waals surface area contributed by atoms with Crippen LogP contribution < -0.4 is 6.15 Å². The molecule has 0 unspecified atom stereocenters. The maximum Gasteiger partial charge on any atom is 0.300 e. The van der Waals surface area contributed by atoms with Crippen molar-refractivity contribution in [3.05, 3.63) is 0 Å². The van der Waals surface area contributed by atoms with Gasteiger partial charge in [0.15, 0.2) is 0 Å². The molecule has 5 nitrogen and oxygen atoms in total. The van der Waals surface area contributed by atoms with Gasteiger partial charge in [-0.25, -0.2) is 0 Å². The van der Waals surface area contributed by atoms with Crippen LogP contribution >= 0.6 is 0 Å². The smallest absolute Gasteiger partial charge is 0.300 e. The molecule has 8 heavy (non-hydrogen) atoms. The largest absolute Gasteiger partial charge is 0.481 e. The molecular formula is C2H11AlNO4. The summed E-state index contributed by atoms with van der Waals surface area (Å²) in [6, 6.07) is 0. The summed E-state index contributed by atoms with van der Waals surface area (Å²) < 4.78 is 0. The van der Waals surface area contributed by atoms with Gasteiger partial charge in [0.05, 0.1) is 0 Å². The second-order valence-corrected chi connectivity index (χ2v) is 0.519. The molecule has 0 aromatic heterocycles. The van der Waals surface area contributed by atoms with Crippen LogP contribution in [0.3, 0.4) is 0 Å². The van der Waals surface area contributed by atoms with Crippen LogP contribution in [0.15, 0.2) is 0 Å². The summed E-state index contributed by atoms with van der Waals surface area (Å²) in [5.74, 6) is -0.833. The molecule has 0 fully saturated rings. The Balaban J connectivity index is -0.00000000750. The van der Waals surface area contributed by atoms with Crippen molar-refractivity contribution in [3.8, 4) is 0 Å². The predicted octanol–water partition coefficient (Wildman–Crippen LogP) is -1.78. The van der Waals surface area contributed by atoms with Gasteiger partial charge in [0.1, 0.15) is 0 Å². The molecule has 0 saturated carbocycles. The summed E-state index contributed by atoms with van der Waals surface area (Å²) in [5, 5.41) is 7.42. The predicted molar refractivity (Wildman–Crippen MR) is 31.3 cm³/mol. The van der Waals surface area contributed by atoms with Gasteiger partial charge in [0.25, 0.3) is 5.97 Å². The zero-order valence-corrected chi connectivity index (χ0v) is 5.79. The van der Waals surface area contributed by atoms with Crippen LogP contribution in [0.1, 0.15) is 6.92 Å². The molecule has 8 N–H and O–H groups in total. The maximum absolute atomic E-state index is 9.00. The van der Waals surface area contributed by atoms with Crippen LogP contribution in [-0.2, 0) is 4.79 Å². The molecule has 0 aromatic rings. The topological polar surface area (TPSA) is 135 Å². The van der Waals surface area contributed by atoms with Gasteiger partial charge < -0.3 is 22.2 Å². The summed E-state index contributed by atoms with van der Waals surface area (Å²) in [6.45, 7) is 1.08. The minimum absolute atomic E-state index is 0. The first-order valence-electron chi connectivity index (χ1n) is 0.928. The molecule has 0 spiro atoms. The molecule has 0 saturated heterocycles. The van der Waals surface area contributed by atoms with E-state index < -0.39 is 5.97 Å². The molecule has 0 heterocycles. The molecule has 0 aromatic carbocycles. The van der Waals surface area contributed by atoms with Crippen LogP contribution in [0.4, 0.5) is 0 Å². The highest BCUT2D eigenvalue weighted by molar-refractivity contribution is 5.75. The first kappa shape index (κ1) is 44.9. The van der Waals surface area contributed by atoms with E-state index in [1.54, 1.807) is 0 Å². The van der Waals surface area contributed by atoms with Gasteiger partial charge in [0, 0.05) is 24.3 Å². The third-order valence-electron chi connectivity index (χ3n) is 0. The molecule has 0 aliphatic rings. The van der Waals surface area contributed by atoms with E-state index >= 15 is 0 Å². The molecule has 0 amide bonds. The van der Waals surface area contributed by atoms with E-state index in [9.17, 15) is 0 Å². The Hall–Kier alpha value is -0.118. The molecule has 0 atom stereocenters. The highest BCUT2D eigenvalue weighted by Crippen LogP contribution is 1.42. The van der Waals surface area contributed by atoms with Crippen molar-refractivity contribution in [1.82, 2.24) is 6.15 Å².